The largest absolute Gasteiger partial charge is 0.506 e. The highest BCUT2D eigenvalue weighted by Gasteiger charge is 2.21. The number of carbonyl (C=O) groups is 1. The molecule has 0 aliphatic heterocycles. The third-order valence-electron chi connectivity index (χ3n) is 4.51. The highest BCUT2D eigenvalue weighted by Crippen LogP contribution is 2.35. The van der Waals surface area contributed by atoms with Gasteiger partial charge in [-0.05, 0) is 12.5 Å². The Kier molecular flexibility index (Phi) is 7.06. The number of methoxy groups -OCH3 is 2. The lowest BCUT2D eigenvalue weighted by molar-refractivity contribution is -0.878. The van der Waals surface area contributed by atoms with E-state index in [1.54, 1.807) is 6.07 Å². The minimum Gasteiger partial charge on any atom is -0.506 e. The van der Waals surface area contributed by atoms with E-state index < -0.39 is 11.5 Å². The number of aromatic hydroxyl groups is 1. The summed E-state index contributed by atoms with van der Waals surface area (Å²) < 4.78 is 10.4. The van der Waals surface area contributed by atoms with Crippen LogP contribution in [0.2, 0.25) is 0 Å². The molecule has 2 aromatic rings. The maximum atomic E-state index is 12.4. The van der Waals surface area contributed by atoms with Crippen molar-refractivity contribution in [1.82, 2.24) is 10.3 Å². The average molecular weight is 378 g/mol. The molecule has 1 aromatic carbocycles. The summed E-state index contributed by atoms with van der Waals surface area (Å²) >= 11 is 0. The van der Waals surface area contributed by atoms with Gasteiger partial charge in [-0.1, -0.05) is 13.3 Å². The number of ether oxygens (including phenoxy) is 2. The Hall–Kier alpha value is -2.74. The molecule has 8 nitrogen and oxygen atoms in total. The number of carbonyl (C=O) groups excluding carboxylic acids is 1. The second-order valence-corrected chi connectivity index (χ2v) is 6.50. The maximum Gasteiger partial charge on any atom is 0.265 e. The first kappa shape index (κ1) is 20.6. The summed E-state index contributed by atoms with van der Waals surface area (Å²) in [5.74, 6) is -0.178. The van der Waals surface area contributed by atoms with Crippen molar-refractivity contribution in [1.29, 1.82) is 0 Å². The molecule has 0 aliphatic carbocycles. The molecule has 0 fully saturated rings. The number of aromatic amines is 1. The molecule has 0 saturated heterocycles. The minimum absolute atomic E-state index is 0.305. The molecular formula is C19H28N3O5+. The third kappa shape index (κ3) is 4.71. The lowest BCUT2D eigenvalue weighted by atomic mass is 10.1. The zero-order chi connectivity index (χ0) is 20.0. The van der Waals surface area contributed by atoms with Crippen LogP contribution in [0, 0.1) is 0 Å². The highest BCUT2D eigenvalue weighted by atomic mass is 16.5. The number of rotatable bonds is 9. The first-order valence-electron chi connectivity index (χ1n) is 9.03. The van der Waals surface area contributed by atoms with Crippen LogP contribution in [-0.4, -0.2) is 56.9 Å². The van der Waals surface area contributed by atoms with E-state index in [1.165, 1.54) is 25.2 Å². The number of unbranched alkanes of at least 4 members (excludes halogenated alkanes) is 1. The summed E-state index contributed by atoms with van der Waals surface area (Å²) in [7, 11) is 5.00. The van der Waals surface area contributed by atoms with Gasteiger partial charge in [-0.3, -0.25) is 9.59 Å². The molecule has 0 radical (unpaired) electrons. The Balaban J connectivity index is 2.25. The molecule has 0 spiro atoms. The van der Waals surface area contributed by atoms with Crippen LogP contribution in [0.4, 0.5) is 0 Å². The molecule has 1 atom stereocenters. The van der Waals surface area contributed by atoms with E-state index in [2.05, 4.69) is 24.3 Å². The second kappa shape index (κ2) is 9.27. The van der Waals surface area contributed by atoms with Gasteiger partial charge in [0.25, 0.3) is 11.5 Å². The third-order valence-corrected chi connectivity index (χ3v) is 4.51. The molecule has 1 heterocycles. The van der Waals surface area contributed by atoms with Gasteiger partial charge in [-0.2, -0.15) is 0 Å². The van der Waals surface area contributed by atoms with E-state index in [0.717, 1.165) is 25.9 Å². The molecule has 0 aliphatic rings. The molecule has 1 unspecified atom stereocenters. The Bertz CT molecular complexity index is 863. The molecule has 0 bridgehead atoms. The van der Waals surface area contributed by atoms with Crippen molar-refractivity contribution in [3.63, 3.8) is 0 Å². The van der Waals surface area contributed by atoms with Gasteiger partial charge < -0.3 is 29.8 Å². The average Bonchev–Trinajstić information content (AvgIpc) is 2.65. The molecule has 27 heavy (non-hydrogen) atoms. The fourth-order valence-electron chi connectivity index (χ4n) is 2.90. The van der Waals surface area contributed by atoms with E-state index >= 15 is 0 Å². The number of amides is 1. The van der Waals surface area contributed by atoms with Crippen molar-refractivity contribution < 1.29 is 24.3 Å². The van der Waals surface area contributed by atoms with E-state index in [9.17, 15) is 14.7 Å². The van der Waals surface area contributed by atoms with E-state index in [1.807, 2.05) is 0 Å². The van der Waals surface area contributed by atoms with Gasteiger partial charge in [0.2, 0.25) is 0 Å². The van der Waals surface area contributed by atoms with Gasteiger partial charge in [-0.15, -0.1) is 0 Å². The lowest BCUT2D eigenvalue weighted by Gasteiger charge is -2.14. The lowest BCUT2D eigenvalue weighted by Crippen LogP contribution is -3.09. The van der Waals surface area contributed by atoms with Crippen molar-refractivity contribution in [2.24, 2.45) is 0 Å². The zero-order valence-corrected chi connectivity index (χ0v) is 16.3. The molecule has 1 amide bonds. The Morgan fingerprint density at radius 1 is 1.22 bits per heavy atom. The van der Waals surface area contributed by atoms with Crippen molar-refractivity contribution in [2.75, 3.05) is 40.9 Å². The predicted molar refractivity (Wildman–Crippen MR) is 103 cm³/mol. The number of aromatic nitrogens is 1. The van der Waals surface area contributed by atoms with Crippen molar-refractivity contribution in [3.05, 3.63) is 28.0 Å². The molecule has 4 N–H and O–H groups in total. The monoisotopic (exact) mass is 378 g/mol. The van der Waals surface area contributed by atoms with Crippen LogP contribution < -0.4 is 25.2 Å². The summed E-state index contributed by atoms with van der Waals surface area (Å²) in [6.07, 6.45) is 2.24. The summed E-state index contributed by atoms with van der Waals surface area (Å²) in [4.78, 5) is 28.7. The number of pyridine rings is 1. The van der Waals surface area contributed by atoms with Crippen LogP contribution in [0.15, 0.2) is 16.9 Å². The normalized spacial score (nSPS) is 12.0. The second-order valence-electron chi connectivity index (χ2n) is 6.50. The number of hydrogen-bond acceptors (Lipinski definition) is 5. The molecule has 1 aromatic heterocycles. The highest BCUT2D eigenvalue weighted by molar-refractivity contribution is 6.02. The molecule has 8 heteroatoms. The Morgan fingerprint density at radius 2 is 1.89 bits per heavy atom. The summed E-state index contributed by atoms with van der Waals surface area (Å²) in [6.45, 7) is 4.31. The van der Waals surface area contributed by atoms with Crippen LogP contribution >= 0.6 is 0 Å². The van der Waals surface area contributed by atoms with E-state index in [-0.39, 0.29) is 11.3 Å². The first-order chi connectivity index (χ1) is 12.9. The van der Waals surface area contributed by atoms with Gasteiger partial charge in [0, 0.05) is 11.5 Å². The van der Waals surface area contributed by atoms with E-state index in [4.69, 9.17) is 9.47 Å². The van der Waals surface area contributed by atoms with Gasteiger partial charge in [0.05, 0.1) is 46.4 Å². The Morgan fingerprint density at radius 3 is 2.52 bits per heavy atom. The molecule has 0 saturated carbocycles. The first-order valence-corrected chi connectivity index (χ1v) is 9.03. The number of fused-ring (bicyclic) bond motifs is 1. The number of likely N-dealkylation sites (N-methyl/N-ethyl adjacent to an activating group) is 1. The fraction of sp³-hybridized carbons (Fsp3) is 0.474. The smallest absolute Gasteiger partial charge is 0.265 e. The molecule has 148 valence electrons. The number of hydrogen-bond donors (Lipinski definition) is 4. The SMILES string of the molecule is CCCC[NH+](C)CCNC(=O)c1c(O)c2cc(OC)c(OC)cc2[nH]c1=O. The number of nitrogens with one attached hydrogen (secondary N) is 3. The number of H-pyrrole nitrogens is 1. The Labute approximate surface area is 158 Å². The van der Waals surface area contributed by atoms with Crippen molar-refractivity contribution >= 4 is 16.8 Å². The topological polar surface area (TPSA) is 105 Å². The molecule has 2 rings (SSSR count). The summed E-state index contributed by atoms with van der Waals surface area (Å²) in [6, 6.07) is 3.07. The number of benzene rings is 1. The summed E-state index contributed by atoms with van der Waals surface area (Å²) in [5, 5.41) is 13.5. The number of quaternary nitrogens is 1. The standard InChI is InChI=1S/C19H27N3O5/c1-5-6-8-22(2)9-7-20-18(24)16-17(23)12-10-14(26-3)15(27-4)11-13(12)21-19(16)25/h10-11H,5-9H2,1-4H3,(H,20,24)(H2,21,23,25)/p+1. The van der Waals surface area contributed by atoms with Gasteiger partial charge in [0.15, 0.2) is 11.5 Å². The van der Waals surface area contributed by atoms with E-state index in [0.29, 0.717) is 28.9 Å². The predicted octanol–water partition coefficient (Wildman–Crippen LogP) is 0.296. The molecular weight excluding hydrogens is 350 g/mol. The van der Waals surface area contributed by atoms with Crippen LogP contribution in [0.25, 0.3) is 10.9 Å². The van der Waals surface area contributed by atoms with Crippen molar-refractivity contribution in [3.8, 4) is 17.2 Å². The van der Waals surface area contributed by atoms with Crippen LogP contribution in [0.5, 0.6) is 17.2 Å². The van der Waals surface area contributed by atoms with Gasteiger partial charge in [0.1, 0.15) is 11.3 Å². The van der Waals surface area contributed by atoms with Crippen LogP contribution in [0.1, 0.15) is 30.1 Å². The maximum absolute atomic E-state index is 12.4. The van der Waals surface area contributed by atoms with Gasteiger partial charge >= 0.3 is 0 Å². The van der Waals surface area contributed by atoms with Crippen molar-refractivity contribution in [2.45, 2.75) is 19.8 Å². The van der Waals surface area contributed by atoms with Crippen LogP contribution in [-0.2, 0) is 0 Å². The fourth-order valence-corrected chi connectivity index (χ4v) is 2.90. The minimum atomic E-state index is -0.656. The quantitative estimate of drug-likeness (QED) is 0.502. The zero-order valence-electron chi connectivity index (χ0n) is 16.3. The van der Waals surface area contributed by atoms with Crippen LogP contribution in [0.3, 0.4) is 0 Å². The van der Waals surface area contributed by atoms with Gasteiger partial charge in [-0.25, -0.2) is 0 Å². The summed E-state index contributed by atoms with van der Waals surface area (Å²) in [5.41, 5.74) is -0.604.